The molecule has 0 spiro atoms. The van der Waals surface area contributed by atoms with Crippen LogP contribution in [0.5, 0.6) is 0 Å². The van der Waals surface area contributed by atoms with Crippen LogP contribution in [-0.2, 0) is 0 Å². The summed E-state index contributed by atoms with van der Waals surface area (Å²) < 4.78 is 37.9. The largest absolute Gasteiger partial charge is 0.363 e. The maximum atomic E-state index is 12.8. The maximum absolute atomic E-state index is 12.8. The zero-order valence-electron chi connectivity index (χ0n) is 7.10. The van der Waals surface area contributed by atoms with Crippen LogP contribution in [0.25, 0.3) is 0 Å². The van der Waals surface area contributed by atoms with Gasteiger partial charge < -0.3 is 0 Å². The highest BCUT2D eigenvalue weighted by Crippen LogP contribution is 2.27. The van der Waals surface area contributed by atoms with Crippen LogP contribution in [0.2, 0.25) is 0 Å². The van der Waals surface area contributed by atoms with E-state index in [0.717, 1.165) is 18.2 Å². The number of carbonyl (C=O) groups is 1. The molecule has 0 aromatic heterocycles. The van der Waals surface area contributed by atoms with Crippen molar-refractivity contribution < 1.29 is 18.0 Å². The molecule has 15 heavy (non-hydrogen) atoms. The average molecular weight is 278 g/mol. The molecule has 0 saturated heterocycles. The number of rotatable bonds is 2. The first-order chi connectivity index (χ1) is 6.86. The minimum Gasteiger partial charge on any atom is -0.286 e. The van der Waals surface area contributed by atoms with Crippen molar-refractivity contribution in [3.05, 3.63) is 35.1 Å². The molecule has 0 radical (unpaired) electrons. The summed E-state index contributed by atoms with van der Waals surface area (Å²) in [6.45, 7) is 0. The van der Waals surface area contributed by atoms with Crippen LogP contribution in [0.1, 0.15) is 15.9 Å². The minimum atomic E-state index is -3.71. The van der Waals surface area contributed by atoms with Crippen LogP contribution < -0.4 is 0 Å². The Hall–Kier alpha value is -1.35. The summed E-state index contributed by atoms with van der Waals surface area (Å²) in [5, 5.41) is 8.43. The van der Waals surface area contributed by atoms with E-state index in [1.807, 2.05) is 15.9 Å². The van der Waals surface area contributed by atoms with Crippen molar-refractivity contribution in [2.75, 3.05) is 0 Å². The number of alkyl halides is 3. The minimum absolute atomic E-state index is 0.421. The van der Waals surface area contributed by atoms with Gasteiger partial charge in [-0.2, -0.15) is 14.0 Å². The fourth-order valence-electron chi connectivity index (χ4n) is 0.916. The molecule has 0 aliphatic carbocycles. The van der Waals surface area contributed by atoms with E-state index in [9.17, 15) is 18.0 Å². The first-order valence-corrected chi connectivity index (χ1v) is 4.46. The Morgan fingerprint density at radius 1 is 1.47 bits per heavy atom. The molecule has 0 bridgehead atoms. The van der Waals surface area contributed by atoms with Gasteiger partial charge in [-0.1, -0.05) is 0 Å². The Morgan fingerprint density at radius 2 is 2.07 bits per heavy atom. The summed E-state index contributed by atoms with van der Waals surface area (Å²) in [7, 11) is 0. The molecule has 1 aromatic carbocycles. The van der Waals surface area contributed by atoms with E-state index in [1.165, 1.54) is 6.07 Å². The SMILES string of the molecule is N#Cc1cc(C(=O)C(F)(F)Br)ccc1F. The molecule has 0 unspecified atom stereocenters. The highest BCUT2D eigenvalue weighted by Gasteiger charge is 2.35. The monoisotopic (exact) mass is 277 g/mol. The molecule has 1 aromatic rings. The van der Waals surface area contributed by atoms with Crippen LogP contribution in [-0.4, -0.2) is 10.6 Å². The lowest BCUT2D eigenvalue weighted by molar-refractivity contribution is 0.0592. The molecule has 0 atom stereocenters. The van der Waals surface area contributed by atoms with Crippen molar-refractivity contribution in [3.8, 4) is 6.07 Å². The van der Waals surface area contributed by atoms with Gasteiger partial charge in [0.05, 0.1) is 5.56 Å². The van der Waals surface area contributed by atoms with E-state index in [4.69, 9.17) is 5.26 Å². The van der Waals surface area contributed by atoms with E-state index in [2.05, 4.69) is 0 Å². The number of nitrogens with zero attached hydrogens (tertiary/aromatic N) is 1. The van der Waals surface area contributed by atoms with Gasteiger partial charge in [-0.15, -0.1) is 0 Å². The number of hydrogen-bond acceptors (Lipinski definition) is 2. The first-order valence-electron chi connectivity index (χ1n) is 3.67. The molecule has 0 fully saturated rings. The van der Waals surface area contributed by atoms with Gasteiger partial charge in [-0.05, 0) is 34.1 Å². The number of halogens is 4. The molecule has 0 aliphatic heterocycles. The quantitative estimate of drug-likeness (QED) is 0.616. The fraction of sp³-hybridized carbons (Fsp3) is 0.111. The average Bonchev–Trinajstić information content (AvgIpc) is 2.16. The molecule has 0 amide bonds. The standard InChI is InChI=1S/C9H3BrF3NO/c10-9(12,13)8(15)5-1-2-7(11)6(3-5)4-14/h1-3H. The molecule has 78 valence electrons. The zero-order valence-corrected chi connectivity index (χ0v) is 8.69. The Balaban J connectivity index is 3.20. The fourth-order valence-corrected chi connectivity index (χ4v) is 1.14. The highest BCUT2D eigenvalue weighted by atomic mass is 79.9. The second-order valence-electron chi connectivity index (χ2n) is 2.63. The van der Waals surface area contributed by atoms with Crippen molar-refractivity contribution in [1.29, 1.82) is 5.26 Å². The van der Waals surface area contributed by atoms with E-state index in [1.54, 1.807) is 0 Å². The molecule has 2 nitrogen and oxygen atoms in total. The van der Waals surface area contributed by atoms with Gasteiger partial charge in [0.15, 0.2) is 0 Å². The third-order valence-corrected chi connectivity index (χ3v) is 1.97. The third kappa shape index (κ3) is 2.57. The second-order valence-corrected chi connectivity index (χ2v) is 3.63. The second kappa shape index (κ2) is 4.03. The number of nitriles is 1. The van der Waals surface area contributed by atoms with Gasteiger partial charge in [0.2, 0.25) is 5.78 Å². The molecule has 6 heteroatoms. The van der Waals surface area contributed by atoms with Crippen molar-refractivity contribution in [3.63, 3.8) is 0 Å². The lowest BCUT2D eigenvalue weighted by Crippen LogP contribution is -2.20. The predicted molar refractivity (Wildman–Crippen MR) is 49.3 cm³/mol. The zero-order chi connectivity index (χ0) is 11.6. The van der Waals surface area contributed by atoms with Crippen LogP contribution in [0, 0.1) is 17.1 Å². The topological polar surface area (TPSA) is 40.9 Å². The van der Waals surface area contributed by atoms with Gasteiger partial charge >= 0.3 is 4.83 Å². The third-order valence-electron chi connectivity index (χ3n) is 1.61. The van der Waals surface area contributed by atoms with E-state index < -0.39 is 27.6 Å². The molecular weight excluding hydrogens is 275 g/mol. The van der Waals surface area contributed by atoms with Crippen molar-refractivity contribution in [1.82, 2.24) is 0 Å². The van der Waals surface area contributed by atoms with Crippen LogP contribution in [0.4, 0.5) is 13.2 Å². The number of benzene rings is 1. The number of Topliss-reactive ketones (excluding diaryl/α,β-unsaturated/α-hetero) is 1. The van der Waals surface area contributed by atoms with E-state index in [-0.39, 0.29) is 0 Å². The van der Waals surface area contributed by atoms with Crippen LogP contribution in [0.3, 0.4) is 0 Å². The summed E-state index contributed by atoms with van der Waals surface area (Å²) in [5.74, 6) is -2.37. The van der Waals surface area contributed by atoms with Gasteiger partial charge in [0.25, 0.3) is 0 Å². The first kappa shape index (κ1) is 11.7. The Labute approximate surface area is 91.4 Å². The molecule has 0 aliphatic rings. The number of hydrogen-bond donors (Lipinski definition) is 0. The van der Waals surface area contributed by atoms with Gasteiger partial charge in [-0.3, -0.25) is 4.79 Å². The summed E-state index contributed by atoms with van der Waals surface area (Å²) in [6, 6.07) is 3.93. The van der Waals surface area contributed by atoms with Crippen LogP contribution in [0.15, 0.2) is 18.2 Å². The summed E-state index contributed by atoms with van der Waals surface area (Å²) in [4.78, 5) is 7.31. The Bertz CT molecular complexity index is 448. The van der Waals surface area contributed by atoms with E-state index in [0.29, 0.717) is 0 Å². The highest BCUT2D eigenvalue weighted by molar-refractivity contribution is 9.10. The molecular formula is C9H3BrF3NO. The predicted octanol–water partition coefficient (Wildman–Crippen LogP) is 2.87. The normalized spacial score (nSPS) is 10.9. The Kier molecular flexibility index (Phi) is 3.15. The maximum Gasteiger partial charge on any atom is 0.363 e. The van der Waals surface area contributed by atoms with Crippen LogP contribution >= 0.6 is 15.9 Å². The molecule has 0 heterocycles. The van der Waals surface area contributed by atoms with Crippen molar-refractivity contribution in [2.24, 2.45) is 0 Å². The number of ketones is 1. The molecule has 0 saturated carbocycles. The lowest BCUT2D eigenvalue weighted by atomic mass is 10.1. The lowest BCUT2D eigenvalue weighted by Gasteiger charge is -2.06. The number of carbonyl (C=O) groups excluding carboxylic acids is 1. The molecule has 0 N–H and O–H groups in total. The summed E-state index contributed by atoms with van der Waals surface area (Å²) in [6.07, 6.45) is 0. The summed E-state index contributed by atoms with van der Waals surface area (Å²) in [5.41, 5.74) is -0.868. The molecule has 1 rings (SSSR count). The Morgan fingerprint density at radius 3 is 2.53 bits per heavy atom. The van der Waals surface area contributed by atoms with E-state index >= 15 is 0 Å². The van der Waals surface area contributed by atoms with Gasteiger partial charge in [0, 0.05) is 5.56 Å². The van der Waals surface area contributed by atoms with Crippen molar-refractivity contribution >= 4 is 21.7 Å². The van der Waals surface area contributed by atoms with Gasteiger partial charge in [-0.25, -0.2) is 4.39 Å². The smallest absolute Gasteiger partial charge is 0.286 e. The summed E-state index contributed by atoms with van der Waals surface area (Å²) >= 11 is 1.89. The van der Waals surface area contributed by atoms with Gasteiger partial charge in [0.1, 0.15) is 11.9 Å². The van der Waals surface area contributed by atoms with Crippen molar-refractivity contribution in [2.45, 2.75) is 4.83 Å².